The van der Waals surface area contributed by atoms with Crippen molar-refractivity contribution in [2.75, 3.05) is 0 Å². The highest BCUT2D eigenvalue weighted by atomic mass is 16.3. The Morgan fingerprint density at radius 3 is 2.90 bits per heavy atom. The van der Waals surface area contributed by atoms with Gasteiger partial charge in [0, 0.05) is 0 Å². The summed E-state index contributed by atoms with van der Waals surface area (Å²) in [4.78, 5) is 0. The van der Waals surface area contributed by atoms with Crippen molar-refractivity contribution < 1.29 is 5.11 Å². The van der Waals surface area contributed by atoms with Crippen LogP contribution >= 0.6 is 0 Å². The standard InChI is InChI=1S/C9H16O/c1-8-4-2-3-5-9(10)7-6-8/h3,5,8-10H,2,4,6-7H2,1H3/b5-3+/t8-,9-/m0/s1. The molecule has 1 N–H and O–H groups in total. The van der Waals surface area contributed by atoms with E-state index in [1.54, 1.807) is 0 Å². The Kier molecular flexibility index (Phi) is 2.94. The molecular formula is C9H16O. The highest BCUT2D eigenvalue weighted by Crippen LogP contribution is 2.17. The molecule has 58 valence electrons. The fraction of sp³-hybridized carbons (Fsp3) is 0.778. The zero-order valence-electron chi connectivity index (χ0n) is 6.59. The lowest BCUT2D eigenvalue weighted by molar-refractivity contribution is 0.197. The van der Waals surface area contributed by atoms with Crippen molar-refractivity contribution in [2.45, 2.75) is 38.7 Å². The Hall–Kier alpha value is -0.300. The zero-order chi connectivity index (χ0) is 7.40. The molecule has 10 heavy (non-hydrogen) atoms. The molecular weight excluding hydrogens is 124 g/mol. The third-order valence-corrected chi connectivity index (χ3v) is 2.14. The Balaban J connectivity index is 2.38. The molecule has 0 heterocycles. The Labute approximate surface area is 62.8 Å². The predicted octanol–water partition coefficient (Wildman–Crippen LogP) is 2.11. The summed E-state index contributed by atoms with van der Waals surface area (Å²) in [5.41, 5.74) is 0. The van der Waals surface area contributed by atoms with Crippen LogP contribution in [0.4, 0.5) is 0 Å². The van der Waals surface area contributed by atoms with Gasteiger partial charge in [0.25, 0.3) is 0 Å². The average molecular weight is 140 g/mol. The maximum atomic E-state index is 9.25. The van der Waals surface area contributed by atoms with E-state index >= 15 is 0 Å². The van der Waals surface area contributed by atoms with E-state index in [-0.39, 0.29) is 6.10 Å². The summed E-state index contributed by atoms with van der Waals surface area (Å²) in [6.07, 6.45) is 8.37. The van der Waals surface area contributed by atoms with Crippen molar-refractivity contribution in [3.63, 3.8) is 0 Å². The van der Waals surface area contributed by atoms with Gasteiger partial charge in [-0.15, -0.1) is 0 Å². The van der Waals surface area contributed by atoms with Gasteiger partial charge in [-0.2, -0.15) is 0 Å². The number of hydrogen-bond acceptors (Lipinski definition) is 1. The molecule has 0 bridgehead atoms. The molecule has 0 amide bonds. The van der Waals surface area contributed by atoms with Crippen LogP contribution in [-0.4, -0.2) is 11.2 Å². The van der Waals surface area contributed by atoms with Crippen LogP contribution in [0, 0.1) is 5.92 Å². The van der Waals surface area contributed by atoms with Gasteiger partial charge in [0.2, 0.25) is 0 Å². The van der Waals surface area contributed by atoms with Crippen LogP contribution in [0.3, 0.4) is 0 Å². The molecule has 0 aromatic heterocycles. The highest BCUT2D eigenvalue weighted by Gasteiger charge is 2.07. The van der Waals surface area contributed by atoms with Gasteiger partial charge in [0.05, 0.1) is 6.10 Å². The second kappa shape index (κ2) is 3.77. The summed E-state index contributed by atoms with van der Waals surface area (Å²) in [5, 5.41) is 9.25. The first-order valence-corrected chi connectivity index (χ1v) is 4.14. The van der Waals surface area contributed by atoms with E-state index in [1.807, 2.05) is 6.08 Å². The van der Waals surface area contributed by atoms with Gasteiger partial charge < -0.3 is 5.11 Å². The molecule has 0 spiro atoms. The van der Waals surface area contributed by atoms with Crippen LogP contribution in [0.5, 0.6) is 0 Å². The van der Waals surface area contributed by atoms with E-state index in [1.165, 1.54) is 12.8 Å². The zero-order valence-corrected chi connectivity index (χ0v) is 6.59. The molecule has 0 aromatic carbocycles. The fourth-order valence-corrected chi connectivity index (χ4v) is 1.33. The molecule has 1 aliphatic rings. The molecule has 1 aliphatic carbocycles. The molecule has 1 rings (SSSR count). The minimum absolute atomic E-state index is 0.178. The van der Waals surface area contributed by atoms with Gasteiger partial charge >= 0.3 is 0 Å². The van der Waals surface area contributed by atoms with Gasteiger partial charge in [-0.1, -0.05) is 19.1 Å². The molecule has 0 saturated carbocycles. The third-order valence-electron chi connectivity index (χ3n) is 2.14. The first-order chi connectivity index (χ1) is 4.79. The van der Waals surface area contributed by atoms with Gasteiger partial charge in [0.1, 0.15) is 0 Å². The van der Waals surface area contributed by atoms with Crippen molar-refractivity contribution in [2.24, 2.45) is 5.92 Å². The van der Waals surface area contributed by atoms with Crippen LogP contribution in [0.2, 0.25) is 0 Å². The first-order valence-electron chi connectivity index (χ1n) is 4.14. The van der Waals surface area contributed by atoms with Gasteiger partial charge in [-0.25, -0.2) is 0 Å². The van der Waals surface area contributed by atoms with Gasteiger partial charge in [-0.3, -0.25) is 0 Å². The smallest absolute Gasteiger partial charge is 0.0721 e. The predicted molar refractivity (Wildman–Crippen MR) is 42.8 cm³/mol. The summed E-state index contributed by atoms with van der Waals surface area (Å²) < 4.78 is 0. The molecule has 1 heteroatoms. The minimum atomic E-state index is -0.178. The molecule has 0 fully saturated rings. The van der Waals surface area contributed by atoms with Crippen molar-refractivity contribution >= 4 is 0 Å². The molecule has 0 radical (unpaired) electrons. The Morgan fingerprint density at radius 1 is 1.30 bits per heavy atom. The van der Waals surface area contributed by atoms with Crippen molar-refractivity contribution in [1.82, 2.24) is 0 Å². The van der Waals surface area contributed by atoms with E-state index in [2.05, 4.69) is 13.0 Å². The number of allylic oxidation sites excluding steroid dienone is 1. The lowest BCUT2D eigenvalue weighted by atomic mass is 9.95. The second-order valence-electron chi connectivity index (χ2n) is 3.26. The van der Waals surface area contributed by atoms with E-state index in [0.29, 0.717) is 0 Å². The number of hydrogen-bond donors (Lipinski definition) is 1. The van der Waals surface area contributed by atoms with Crippen LogP contribution in [-0.2, 0) is 0 Å². The number of rotatable bonds is 0. The lowest BCUT2D eigenvalue weighted by Gasteiger charge is -2.14. The SMILES string of the molecule is C[C@H]1CC/C=C/[C@H](O)CC1. The first kappa shape index (κ1) is 7.80. The topological polar surface area (TPSA) is 20.2 Å². The number of aliphatic hydroxyl groups excluding tert-OH is 1. The summed E-state index contributed by atoms with van der Waals surface area (Å²) >= 11 is 0. The largest absolute Gasteiger partial charge is 0.389 e. The van der Waals surface area contributed by atoms with E-state index in [9.17, 15) is 5.11 Å². The summed E-state index contributed by atoms with van der Waals surface area (Å²) in [6, 6.07) is 0. The summed E-state index contributed by atoms with van der Waals surface area (Å²) in [6.45, 7) is 2.26. The normalized spacial score (nSPS) is 38.2. The van der Waals surface area contributed by atoms with Crippen LogP contribution < -0.4 is 0 Å². The Morgan fingerprint density at radius 2 is 2.10 bits per heavy atom. The minimum Gasteiger partial charge on any atom is -0.389 e. The molecule has 0 aliphatic heterocycles. The monoisotopic (exact) mass is 140 g/mol. The summed E-state index contributed by atoms with van der Waals surface area (Å²) in [7, 11) is 0. The fourth-order valence-electron chi connectivity index (χ4n) is 1.33. The van der Waals surface area contributed by atoms with Crippen molar-refractivity contribution in [3.8, 4) is 0 Å². The molecule has 0 aromatic rings. The number of aliphatic hydroxyl groups is 1. The molecule has 1 nitrogen and oxygen atoms in total. The third kappa shape index (κ3) is 2.53. The average Bonchev–Trinajstić information content (AvgIpc) is 1.90. The van der Waals surface area contributed by atoms with Crippen LogP contribution in [0.15, 0.2) is 12.2 Å². The van der Waals surface area contributed by atoms with Crippen LogP contribution in [0.25, 0.3) is 0 Å². The van der Waals surface area contributed by atoms with Crippen molar-refractivity contribution in [3.05, 3.63) is 12.2 Å². The Bertz CT molecular complexity index is 118. The molecule has 2 atom stereocenters. The van der Waals surface area contributed by atoms with Gasteiger partial charge in [0.15, 0.2) is 0 Å². The van der Waals surface area contributed by atoms with Gasteiger partial charge in [-0.05, 0) is 31.6 Å². The lowest BCUT2D eigenvalue weighted by Crippen LogP contribution is -2.07. The second-order valence-corrected chi connectivity index (χ2v) is 3.26. The van der Waals surface area contributed by atoms with Crippen molar-refractivity contribution in [1.29, 1.82) is 0 Å². The van der Waals surface area contributed by atoms with E-state index in [0.717, 1.165) is 18.8 Å². The maximum absolute atomic E-state index is 9.25. The highest BCUT2D eigenvalue weighted by molar-refractivity contribution is 4.90. The van der Waals surface area contributed by atoms with Crippen LogP contribution in [0.1, 0.15) is 32.6 Å². The van der Waals surface area contributed by atoms with E-state index < -0.39 is 0 Å². The quantitative estimate of drug-likeness (QED) is 0.511. The summed E-state index contributed by atoms with van der Waals surface area (Å²) in [5.74, 6) is 0.791. The molecule has 0 saturated heterocycles. The maximum Gasteiger partial charge on any atom is 0.0721 e. The molecule has 0 unspecified atom stereocenters. The van der Waals surface area contributed by atoms with E-state index in [4.69, 9.17) is 0 Å².